The van der Waals surface area contributed by atoms with Crippen LogP contribution in [0.2, 0.25) is 0 Å². The molecule has 1 aliphatic heterocycles. The number of carbonyl (C=O) groups is 1. The van der Waals surface area contributed by atoms with Crippen LogP contribution < -0.4 is 15.0 Å². The van der Waals surface area contributed by atoms with Gasteiger partial charge in [0, 0.05) is 31.7 Å². The largest absolute Gasteiger partial charge is 0.492 e. The summed E-state index contributed by atoms with van der Waals surface area (Å²) in [6.45, 7) is 7.19. The first-order valence-corrected chi connectivity index (χ1v) is 10.6. The van der Waals surface area contributed by atoms with E-state index in [-0.39, 0.29) is 6.03 Å². The summed E-state index contributed by atoms with van der Waals surface area (Å²) in [5.74, 6) is 1.51. The van der Waals surface area contributed by atoms with Gasteiger partial charge in [0.05, 0.1) is 18.0 Å². The van der Waals surface area contributed by atoms with Crippen molar-refractivity contribution in [3.63, 3.8) is 0 Å². The zero-order valence-corrected chi connectivity index (χ0v) is 17.9. The second kappa shape index (κ2) is 9.47. The predicted molar refractivity (Wildman–Crippen MR) is 123 cm³/mol. The Hall–Kier alpha value is -3.61. The van der Waals surface area contributed by atoms with E-state index in [1.807, 2.05) is 60.4 Å². The maximum atomic E-state index is 12.7. The molecule has 1 fully saturated rings. The van der Waals surface area contributed by atoms with Gasteiger partial charge in [0.15, 0.2) is 5.82 Å². The lowest BCUT2D eigenvalue weighted by Gasteiger charge is -2.35. The van der Waals surface area contributed by atoms with Gasteiger partial charge in [0.1, 0.15) is 5.75 Å². The van der Waals surface area contributed by atoms with Crippen molar-refractivity contribution in [1.29, 1.82) is 0 Å². The van der Waals surface area contributed by atoms with Crippen LogP contribution in [0.5, 0.6) is 5.75 Å². The van der Waals surface area contributed by atoms with Crippen LogP contribution in [0.3, 0.4) is 0 Å². The molecule has 1 aliphatic rings. The highest BCUT2D eigenvalue weighted by Gasteiger charge is 2.23. The van der Waals surface area contributed by atoms with Crippen LogP contribution in [0.25, 0.3) is 11.3 Å². The summed E-state index contributed by atoms with van der Waals surface area (Å²) in [5.41, 5.74) is 3.83. The standard InChI is InChI=1S/C24H27N5O2/c1-3-31-22-11-7-6-10-21(22)25-24(30)29-16-14-28(15-17-29)23-13-12-20(26-27-23)19-9-5-4-8-18(19)2/h4-13H,3,14-17H2,1-2H3,(H,25,30). The third kappa shape index (κ3) is 4.77. The summed E-state index contributed by atoms with van der Waals surface area (Å²) in [7, 11) is 0. The summed E-state index contributed by atoms with van der Waals surface area (Å²) >= 11 is 0. The molecule has 0 unspecified atom stereocenters. The summed E-state index contributed by atoms with van der Waals surface area (Å²) < 4.78 is 5.59. The maximum absolute atomic E-state index is 12.7. The number of carbonyl (C=O) groups excluding carboxylic acids is 1. The Balaban J connectivity index is 1.35. The molecule has 1 aromatic heterocycles. The maximum Gasteiger partial charge on any atom is 0.322 e. The Labute approximate surface area is 182 Å². The van der Waals surface area contributed by atoms with Crippen LogP contribution in [-0.2, 0) is 0 Å². The minimum absolute atomic E-state index is 0.118. The first-order chi connectivity index (χ1) is 15.2. The van der Waals surface area contributed by atoms with Gasteiger partial charge in [-0.1, -0.05) is 36.4 Å². The Morgan fingerprint density at radius 2 is 1.71 bits per heavy atom. The Morgan fingerprint density at radius 1 is 0.968 bits per heavy atom. The van der Waals surface area contributed by atoms with Crippen molar-refractivity contribution >= 4 is 17.5 Å². The fraction of sp³-hybridized carbons (Fsp3) is 0.292. The van der Waals surface area contributed by atoms with E-state index in [4.69, 9.17) is 4.74 Å². The number of rotatable bonds is 5. The average molecular weight is 418 g/mol. The zero-order valence-electron chi connectivity index (χ0n) is 17.9. The number of urea groups is 1. The minimum atomic E-state index is -0.118. The van der Waals surface area contributed by atoms with E-state index < -0.39 is 0 Å². The minimum Gasteiger partial charge on any atom is -0.492 e. The van der Waals surface area contributed by atoms with Crippen molar-refractivity contribution in [3.05, 3.63) is 66.2 Å². The molecule has 0 atom stereocenters. The molecule has 2 amide bonds. The van der Waals surface area contributed by atoms with E-state index in [2.05, 4.69) is 39.5 Å². The smallest absolute Gasteiger partial charge is 0.322 e. The molecule has 4 rings (SSSR count). The number of hydrogen-bond acceptors (Lipinski definition) is 5. The second-order valence-electron chi connectivity index (χ2n) is 7.43. The molecule has 0 saturated carbocycles. The van der Waals surface area contributed by atoms with Gasteiger partial charge in [0.2, 0.25) is 0 Å². The van der Waals surface area contributed by atoms with E-state index in [1.165, 1.54) is 5.56 Å². The third-order valence-corrected chi connectivity index (χ3v) is 5.39. The van der Waals surface area contributed by atoms with Gasteiger partial charge >= 0.3 is 6.03 Å². The lowest BCUT2D eigenvalue weighted by atomic mass is 10.1. The van der Waals surface area contributed by atoms with Crippen LogP contribution in [0.15, 0.2) is 60.7 Å². The van der Waals surface area contributed by atoms with Crippen molar-refractivity contribution < 1.29 is 9.53 Å². The van der Waals surface area contributed by atoms with E-state index in [0.717, 1.165) is 17.1 Å². The highest BCUT2D eigenvalue weighted by molar-refractivity contribution is 5.91. The number of benzene rings is 2. The zero-order chi connectivity index (χ0) is 21.6. The monoisotopic (exact) mass is 417 g/mol. The molecule has 1 saturated heterocycles. The molecule has 31 heavy (non-hydrogen) atoms. The number of aryl methyl sites for hydroxylation is 1. The van der Waals surface area contributed by atoms with Gasteiger partial charge in [-0.25, -0.2) is 4.79 Å². The molecule has 160 valence electrons. The number of amides is 2. The fourth-order valence-electron chi connectivity index (χ4n) is 3.68. The molecule has 3 aromatic rings. The van der Waals surface area contributed by atoms with E-state index >= 15 is 0 Å². The number of para-hydroxylation sites is 2. The van der Waals surface area contributed by atoms with Gasteiger partial charge in [-0.2, -0.15) is 0 Å². The van der Waals surface area contributed by atoms with Crippen molar-refractivity contribution in [2.75, 3.05) is 43.0 Å². The number of nitrogens with zero attached hydrogens (tertiary/aromatic N) is 4. The van der Waals surface area contributed by atoms with Crippen LogP contribution in [-0.4, -0.2) is 53.9 Å². The molecular formula is C24H27N5O2. The van der Waals surface area contributed by atoms with Gasteiger partial charge in [-0.05, 0) is 43.7 Å². The number of hydrogen-bond donors (Lipinski definition) is 1. The molecular weight excluding hydrogens is 390 g/mol. The number of aromatic nitrogens is 2. The summed E-state index contributed by atoms with van der Waals surface area (Å²) in [4.78, 5) is 16.7. The number of nitrogens with one attached hydrogen (secondary N) is 1. The Morgan fingerprint density at radius 3 is 2.42 bits per heavy atom. The number of piperazine rings is 1. The second-order valence-corrected chi connectivity index (χ2v) is 7.43. The SMILES string of the molecule is CCOc1ccccc1NC(=O)N1CCN(c2ccc(-c3ccccc3C)nn2)CC1. The number of anilines is 2. The highest BCUT2D eigenvalue weighted by Crippen LogP contribution is 2.25. The first-order valence-electron chi connectivity index (χ1n) is 10.6. The molecule has 0 aliphatic carbocycles. The predicted octanol–water partition coefficient (Wildman–Crippen LogP) is 4.20. The van der Waals surface area contributed by atoms with E-state index in [1.54, 1.807) is 0 Å². The molecule has 7 nitrogen and oxygen atoms in total. The summed E-state index contributed by atoms with van der Waals surface area (Å²) in [6.07, 6.45) is 0. The molecule has 7 heteroatoms. The van der Waals surface area contributed by atoms with Crippen molar-refractivity contribution in [1.82, 2.24) is 15.1 Å². The molecule has 1 N–H and O–H groups in total. The van der Waals surface area contributed by atoms with E-state index in [9.17, 15) is 4.79 Å². The molecule has 0 spiro atoms. The molecule has 2 aromatic carbocycles. The van der Waals surface area contributed by atoms with Gasteiger partial charge < -0.3 is 19.9 Å². The quantitative estimate of drug-likeness (QED) is 0.674. The van der Waals surface area contributed by atoms with E-state index in [0.29, 0.717) is 44.2 Å². The highest BCUT2D eigenvalue weighted by atomic mass is 16.5. The average Bonchev–Trinajstić information content (AvgIpc) is 2.81. The molecule has 0 radical (unpaired) electrons. The normalized spacial score (nSPS) is 13.7. The van der Waals surface area contributed by atoms with Gasteiger partial charge in [0.25, 0.3) is 0 Å². The topological polar surface area (TPSA) is 70.6 Å². The summed E-state index contributed by atoms with van der Waals surface area (Å²) in [6, 6.07) is 19.5. The first kappa shape index (κ1) is 20.7. The fourth-order valence-corrected chi connectivity index (χ4v) is 3.68. The Kier molecular flexibility index (Phi) is 6.31. The van der Waals surface area contributed by atoms with Crippen molar-refractivity contribution in [2.24, 2.45) is 0 Å². The van der Waals surface area contributed by atoms with Crippen LogP contribution >= 0.6 is 0 Å². The lowest BCUT2D eigenvalue weighted by molar-refractivity contribution is 0.208. The van der Waals surface area contributed by atoms with Gasteiger partial charge in [-0.3, -0.25) is 0 Å². The number of ether oxygens (including phenoxy) is 1. The van der Waals surface area contributed by atoms with Crippen molar-refractivity contribution in [3.8, 4) is 17.0 Å². The third-order valence-electron chi connectivity index (χ3n) is 5.39. The molecule has 0 bridgehead atoms. The molecule has 2 heterocycles. The summed E-state index contributed by atoms with van der Waals surface area (Å²) in [5, 5.41) is 11.8. The van der Waals surface area contributed by atoms with Crippen molar-refractivity contribution in [2.45, 2.75) is 13.8 Å². The van der Waals surface area contributed by atoms with Crippen LogP contribution in [0, 0.1) is 6.92 Å². The van der Waals surface area contributed by atoms with Crippen LogP contribution in [0.4, 0.5) is 16.3 Å². The Bertz CT molecular complexity index is 1030. The van der Waals surface area contributed by atoms with Crippen LogP contribution in [0.1, 0.15) is 12.5 Å². The van der Waals surface area contributed by atoms with Gasteiger partial charge in [-0.15, -0.1) is 10.2 Å². The lowest BCUT2D eigenvalue weighted by Crippen LogP contribution is -2.50.